The number of pyridine rings is 1. The quantitative estimate of drug-likeness (QED) is 0.379. The predicted molar refractivity (Wildman–Crippen MR) is 115 cm³/mol. The van der Waals surface area contributed by atoms with Crippen molar-refractivity contribution in [2.45, 2.75) is 13.0 Å². The third-order valence-electron chi connectivity index (χ3n) is 4.92. The second-order valence-electron chi connectivity index (χ2n) is 7.36. The number of rotatable bonds is 6. The number of hydrogen-bond donors (Lipinski definition) is 0. The van der Waals surface area contributed by atoms with Crippen LogP contribution in [-0.4, -0.2) is 7.11 Å². The maximum absolute atomic E-state index is 8.49. The average molecular weight is 482 g/mol. The largest absolute Gasteiger partial charge is 0.497 e. The van der Waals surface area contributed by atoms with Crippen LogP contribution in [0.25, 0.3) is 0 Å². The Kier molecular flexibility index (Phi) is 8.59. The fourth-order valence-electron chi connectivity index (χ4n) is 3.35. The fraction of sp³-hybridized carbons (Fsp3) is 0.115. The molecule has 1 unspecified atom stereocenters. The highest BCUT2D eigenvalue weighted by Gasteiger charge is 2.23. The SMILES string of the molecule is COc1ccc(C(c2ccc(Oc3ccccc3)cc2)[n+]2ccc(C)cc2)cc1.[O-][Cl+3]([O-])([O-])[O-]. The molecular formula is C26H24ClNO6. The van der Waals surface area contributed by atoms with Gasteiger partial charge in [-0.15, -0.1) is 10.2 Å². The van der Waals surface area contributed by atoms with Crippen LogP contribution in [0.4, 0.5) is 0 Å². The summed E-state index contributed by atoms with van der Waals surface area (Å²) in [4.78, 5) is 0. The molecule has 0 radical (unpaired) electrons. The first kappa shape index (κ1) is 25.2. The van der Waals surface area contributed by atoms with Crippen molar-refractivity contribution in [2.75, 3.05) is 7.11 Å². The van der Waals surface area contributed by atoms with E-state index in [0.717, 1.165) is 17.2 Å². The van der Waals surface area contributed by atoms with E-state index in [-0.39, 0.29) is 6.04 Å². The molecule has 4 aromatic rings. The minimum absolute atomic E-state index is 0.0623. The zero-order valence-electron chi connectivity index (χ0n) is 18.7. The van der Waals surface area contributed by atoms with Crippen molar-refractivity contribution in [3.63, 3.8) is 0 Å². The van der Waals surface area contributed by atoms with E-state index in [1.807, 2.05) is 54.6 Å². The molecule has 3 aromatic carbocycles. The van der Waals surface area contributed by atoms with E-state index in [1.54, 1.807) is 7.11 Å². The number of aromatic nitrogens is 1. The first-order valence-corrected chi connectivity index (χ1v) is 11.5. The molecule has 0 fully saturated rings. The third kappa shape index (κ3) is 7.84. The van der Waals surface area contributed by atoms with Gasteiger partial charge >= 0.3 is 0 Å². The summed E-state index contributed by atoms with van der Waals surface area (Å²) in [5.41, 5.74) is 3.61. The Balaban J connectivity index is 0.000000588. The Morgan fingerprint density at radius 2 is 1.09 bits per heavy atom. The Hall–Kier alpha value is -3.46. The summed E-state index contributed by atoms with van der Waals surface area (Å²) in [5, 5.41) is 0. The van der Waals surface area contributed by atoms with Crippen LogP contribution in [0.5, 0.6) is 17.2 Å². The van der Waals surface area contributed by atoms with Crippen molar-refractivity contribution in [3.8, 4) is 17.2 Å². The number of para-hydroxylation sites is 1. The molecule has 0 aliphatic carbocycles. The number of nitrogens with zero attached hydrogens (tertiary/aromatic N) is 1. The summed E-state index contributed by atoms with van der Waals surface area (Å²) in [6.45, 7) is 2.10. The average Bonchev–Trinajstić information content (AvgIpc) is 2.82. The van der Waals surface area contributed by atoms with Gasteiger partial charge in [-0.3, -0.25) is 0 Å². The molecule has 0 amide bonds. The molecule has 1 heterocycles. The van der Waals surface area contributed by atoms with E-state index in [4.69, 9.17) is 28.1 Å². The van der Waals surface area contributed by atoms with Gasteiger partial charge in [-0.05, 0) is 73.2 Å². The molecule has 0 bridgehead atoms. The molecule has 176 valence electrons. The van der Waals surface area contributed by atoms with Gasteiger partial charge in [0.05, 0.1) is 7.11 Å². The monoisotopic (exact) mass is 481 g/mol. The molecule has 0 N–H and O–H groups in total. The van der Waals surface area contributed by atoms with Crippen LogP contribution < -0.4 is 32.7 Å². The third-order valence-corrected chi connectivity index (χ3v) is 4.92. The molecule has 4 rings (SSSR count). The molecule has 7 nitrogen and oxygen atoms in total. The molecule has 1 atom stereocenters. The van der Waals surface area contributed by atoms with Crippen molar-refractivity contribution in [1.82, 2.24) is 0 Å². The summed E-state index contributed by atoms with van der Waals surface area (Å²) in [6, 6.07) is 30.7. The lowest BCUT2D eigenvalue weighted by molar-refractivity contribution is -2.00. The molecule has 0 saturated carbocycles. The van der Waals surface area contributed by atoms with Gasteiger partial charge in [-0.1, -0.05) is 18.2 Å². The molecule has 0 aliphatic rings. The topological polar surface area (TPSA) is 115 Å². The number of methoxy groups -OCH3 is 1. The molecule has 1 aromatic heterocycles. The van der Waals surface area contributed by atoms with Crippen LogP contribution >= 0.6 is 0 Å². The number of benzene rings is 3. The standard InChI is InChI=1S/C26H24NO2.ClHO4/c1-20-16-18-27(19-17-20)26(21-8-12-23(28-2)13-9-21)22-10-14-25(15-11-22)29-24-6-4-3-5-7-24;2-1(3,4)5/h3-19,26H,1-2H3;(H,2,3,4,5)/q+1;/p-1. The second-order valence-corrected chi connectivity index (χ2v) is 8.12. The number of halogens is 1. The van der Waals surface area contributed by atoms with Crippen LogP contribution in [0, 0.1) is 17.2 Å². The van der Waals surface area contributed by atoms with E-state index < -0.39 is 10.2 Å². The maximum Gasteiger partial charge on any atom is 0.208 e. The van der Waals surface area contributed by atoms with Crippen LogP contribution in [0.15, 0.2) is 103 Å². The number of aryl methyl sites for hydroxylation is 1. The van der Waals surface area contributed by atoms with Crippen LogP contribution in [0.3, 0.4) is 0 Å². The summed E-state index contributed by atoms with van der Waals surface area (Å²) < 4.78 is 47.5. The van der Waals surface area contributed by atoms with Gasteiger partial charge in [0.15, 0.2) is 12.4 Å². The number of hydrogen-bond acceptors (Lipinski definition) is 6. The fourth-order valence-corrected chi connectivity index (χ4v) is 3.35. The smallest absolute Gasteiger partial charge is 0.208 e. The Morgan fingerprint density at radius 3 is 1.56 bits per heavy atom. The highest BCUT2D eigenvalue weighted by atomic mass is 35.7. The molecular weight excluding hydrogens is 458 g/mol. The normalized spacial score (nSPS) is 11.7. The summed E-state index contributed by atoms with van der Waals surface area (Å²) in [7, 11) is -3.26. The molecule has 0 aliphatic heterocycles. The predicted octanol–water partition coefficient (Wildman–Crippen LogP) is 0.965. The lowest BCUT2D eigenvalue weighted by atomic mass is 9.98. The molecule has 8 heteroatoms. The van der Waals surface area contributed by atoms with Crippen molar-refractivity contribution in [3.05, 3.63) is 120 Å². The lowest BCUT2D eigenvalue weighted by Gasteiger charge is -2.17. The van der Waals surface area contributed by atoms with Gasteiger partial charge in [0.25, 0.3) is 0 Å². The molecule has 34 heavy (non-hydrogen) atoms. The molecule has 0 spiro atoms. The zero-order chi connectivity index (χ0) is 24.6. The minimum Gasteiger partial charge on any atom is -0.497 e. The minimum atomic E-state index is -4.94. The van der Waals surface area contributed by atoms with Crippen molar-refractivity contribution >= 4 is 0 Å². The van der Waals surface area contributed by atoms with E-state index in [0.29, 0.717) is 0 Å². The van der Waals surface area contributed by atoms with Crippen molar-refractivity contribution < 1.29 is 42.9 Å². The van der Waals surface area contributed by atoms with E-state index in [1.165, 1.54) is 16.7 Å². The van der Waals surface area contributed by atoms with Crippen molar-refractivity contribution in [1.29, 1.82) is 0 Å². The Bertz CT molecular complexity index is 1140. The van der Waals surface area contributed by atoms with Crippen LogP contribution in [0.1, 0.15) is 22.7 Å². The maximum atomic E-state index is 8.49. The summed E-state index contributed by atoms with van der Waals surface area (Å²) in [5.74, 6) is 2.51. The highest BCUT2D eigenvalue weighted by molar-refractivity contribution is 5.38. The first-order chi connectivity index (χ1) is 16.2. The van der Waals surface area contributed by atoms with E-state index >= 15 is 0 Å². The Labute approximate surface area is 200 Å². The van der Waals surface area contributed by atoms with Gasteiger partial charge in [-0.2, -0.15) is 4.57 Å². The van der Waals surface area contributed by atoms with Gasteiger partial charge in [-0.25, -0.2) is 18.6 Å². The van der Waals surface area contributed by atoms with Crippen LogP contribution in [0.2, 0.25) is 0 Å². The van der Waals surface area contributed by atoms with Gasteiger partial charge < -0.3 is 9.47 Å². The first-order valence-electron chi connectivity index (χ1n) is 10.3. The second kappa shape index (κ2) is 11.6. The van der Waals surface area contributed by atoms with Gasteiger partial charge in [0.2, 0.25) is 6.04 Å². The summed E-state index contributed by atoms with van der Waals surface area (Å²) >= 11 is 0. The van der Waals surface area contributed by atoms with Gasteiger partial charge in [0, 0.05) is 23.3 Å². The molecule has 0 saturated heterocycles. The lowest BCUT2D eigenvalue weighted by Crippen LogP contribution is -2.68. The number of ether oxygens (including phenoxy) is 2. The summed E-state index contributed by atoms with van der Waals surface area (Å²) in [6.07, 6.45) is 4.25. The zero-order valence-corrected chi connectivity index (χ0v) is 19.4. The van der Waals surface area contributed by atoms with Gasteiger partial charge in [0.1, 0.15) is 17.2 Å². The van der Waals surface area contributed by atoms with E-state index in [9.17, 15) is 0 Å². The van der Waals surface area contributed by atoms with Crippen LogP contribution in [-0.2, 0) is 0 Å². The Morgan fingerprint density at radius 1 is 0.647 bits per heavy atom. The van der Waals surface area contributed by atoms with Crippen molar-refractivity contribution in [2.24, 2.45) is 0 Å². The van der Waals surface area contributed by atoms with E-state index in [2.05, 4.69) is 60.3 Å². The highest BCUT2D eigenvalue weighted by Crippen LogP contribution is 2.27.